The first-order valence-electron chi connectivity index (χ1n) is 7.13. The largest absolute Gasteiger partial charge is 0.755 e. The third kappa shape index (κ3) is 4.34. The minimum absolute atomic E-state index is 0.113. The fourth-order valence-corrected chi connectivity index (χ4v) is 2.60. The number of carbonyl (C=O) groups excluding carboxylic acids is 2. The Bertz CT molecular complexity index is 795. The highest BCUT2D eigenvalue weighted by Gasteiger charge is 2.22. The summed E-state index contributed by atoms with van der Waals surface area (Å²) in [6.45, 7) is 0. The number of ether oxygens (including phenoxy) is 1. The molecule has 2 aromatic rings. The van der Waals surface area contributed by atoms with E-state index in [1.54, 1.807) is 18.2 Å². The molecule has 2 rings (SSSR count). The van der Waals surface area contributed by atoms with Crippen molar-refractivity contribution in [1.29, 1.82) is 0 Å². The van der Waals surface area contributed by atoms with Crippen molar-refractivity contribution in [2.45, 2.75) is 0 Å². The third-order valence-corrected chi connectivity index (χ3v) is 3.93. The molecule has 0 aliphatic rings. The van der Waals surface area contributed by atoms with Gasteiger partial charge in [-0.25, -0.2) is 9.10 Å². The fourth-order valence-electron chi connectivity index (χ4n) is 2.08. The molecule has 132 valence electrons. The second kappa shape index (κ2) is 8.27. The van der Waals surface area contributed by atoms with Crippen molar-refractivity contribution in [2.75, 3.05) is 23.8 Å². The summed E-state index contributed by atoms with van der Waals surface area (Å²) in [6.07, 6.45) is 0. The summed E-state index contributed by atoms with van der Waals surface area (Å²) < 4.78 is 28.9. The highest BCUT2D eigenvalue weighted by Crippen LogP contribution is 2.25. The van der Waals surface area contributed by atoms with Gasteiger partial charge in [-0.15, -0.1) is 0 Å². The van der Waals surface area contributed by atoms with Crippen LogP contribution in [0.3, 0.4) is 0 Å². The lowest BCUT2D eigenvalue weighted by Crippen LogP contribution is -2.33. The van der Waals surface area contributed by atoms with Crippen LogP contribution in [0.4, 0.5) is 16.2 Å². The molecule has 0 aromatic heterocycles. The lowest BCUT2D eigenvalue weighted by molar-refractivity contribution is 0.100. The van der Waals surface area contributed by atoms with E-state index in [2.05, 4.69) is 10.6 Å². The number of anilines is 2. The van der Waals surface area contributed by atoms with Gasteiger partial charge in [0.1, 0.15) is 5.75 Å². The smallest absolute Gasteiger partial charge is 0.318 e. The van der Waals surface area contributed by atoms with Crippen LogP contribution in [0, 0.1) is 0 Å². The van der Waals surface area contributed by atoms with Crippen molar-refractivity contribution in [1.82, 2.24) is 5.32 Å². The van der Waals surface area contributed by atoms with Gasteiger partial charge in [0.05, 0.1) is 29.6 Å². The third-order valence-electron chi connectivity index (χ3n) is 3.26. The Kier molecular flexibility index (Phi) is 6.09. The molecule has 0 spiro atoms. The van der Waals surface area contributed by atoms with Crippen LogP contribution in [0.1, 0.15) is 10.4 Å². The highest BCUT2D eigenvalue weighted by molar-refractivity contribution is 7.81. The Morgan fingerprint density at radius 3 is 2.32 bits per heavy atom. The van der Waals surface area contributed by atoms with Crippen molar-refractivity contribution >= 4 is 34.6 Å². The summed E-state index contributed by atoms with van der Waals surface area (Å²) in [5, 5.41) is 4.93. The molecule has 2 N–H and O–H groups in total. The Morgan fingerprint density at radius 1 is 1.12 bits per heavy atom. The zero-order valence-corrected chi connectivity index (χ0v) is 14.3. The van der Waals surface area contributed by atoms with E-state index >= 15 is 0 Å². The van der Waals surface area contributed by atoms with Crippen molar-refractivity contribution in [3.8, 4) is 5.75 Å². The van der Waals surface area contributed by atoms with Gasteiger partial charge < -0.3 is 19.9 Å². The number of nitrogens with one attached hydrogen (secondary N) is 2. The average molecular weight is 362 g/mol. The van der Waals surface area contributed by atoms with Crippen LogP contribution in [0.5, 0.6) is 5.75 Å². The second-order valence-corrected chi connectivity index (χ2v) is 5.57. The Labute approximate surface area is 147 Å². The van der Waals surface area contributed by atoms with E-state index in [4.69, 9.17) is 4.74 Å². The minimum atomic E-state index is -2.84. The number of para-hydroxylation sites is 1. The number of carbonyl (C=O) groups is 2. The standard InChI is InChI=1S/C16H17N3O5S/c1-17-16(21)18-11-7-9-12(10-8-11)19(25(22)23)15(20)13-5-3-4-6-14(13)24-2/h3-10H,1-2H3,(H,22,23)(H2,17,18,21)/p-1. The summed E-state index contributed by atoms with van der Waals surface area (Å²) in [5.41, 5.74) is 0.693. The van der Waals surface area contributed by atoms with E-state index in [9.17, 15) is 18.4 Å². The van der Waals surface area contributed by atoms with E-state index < -0.39 is 23.2 Å². The summed E-state index contributed by atoms with van der Waals surface area (Å²) in [6, 6.07) is 11.7. The van der Waals surface area contributed by atoms with Crippen molar-refractivity contribution < 1.29 is 23.1 Å². The summed E-state index contributed by atoms with van der Waals surface area (Å²) in [7, 11) is 2.86. The van der Waals surface area contributed by atoms with E-state index in [1.807, 2.05) is 0 Å². The molecule has 1 unspecified atom stereocenters. The van der Waals surface area contributed by atoms with Gasteiger partial charge in [-0.1, -0.05) is 12.1 Å². The number of amides is 3. The van der Waals surface area contributed by atoms with Gasteiger partial charge >= 0.3 is 6.03 Å². The average Bonchev–Trinajstić information content (AvgIpc) is 2.62. The van der Waals surface area contributed by atoms with E-state index in [-0.39, 0.29) is 17.0 Å². The van der Waals surface area contributed by atoms with Gasteiger partial charge in [-0.2, -0.15) is 0 Å². The first kappa shape index (κ1) is 18.4. The lowest BCUT2D eigenvalue weighted by atomic mass is 10.2. The predicted molar refractivity (Wildman–Crippen MR) is 93.2 cm³/mol. The summed E-state index contributed by atoms with van der Waals surface area (Å²) in [5.74, 6) is -0.487. The molecule has 8 nitrogen and oxygen atoms in total. The SMILES string of the molecule is CNC(=O)Nc1ccc(N(C(=O)c2ccccc2OC)S(=O)[O-])cc1. The Hall–Kier alpha value is -2.91. The Morgan fingerprint density at radius 2 is 1.76 bits per heavy atom. The van der Waals surface area contributed by atoms with Crippen LogP contribution in [-0.4, -0.2) is 34.9 Å². The van der Waals surface area contributed by atoms with Gasteiger partial charge in [-0.3, -0.25) is 9.00 Å². The molecule has 0 saturated carbocycles. The minimum Gasteiger partial charge on any atom is -0.755 e. The molecular weight excluding hydrogens is 346 g/mol. The molecule has 9 heteroatoms. The van der Waals surface area contributed by atoms with Gasteiger partial charge in [0, 0.05) is 12.7 Å². The van der Waals surface area contributed by atoms with Gasteiger partial charge in [0.2, 0.25) is 0 Å². The summed E-state index contributed by atoms with van der Waals surface area (Å²) in [4.78, 5) is 23.9. The van der Waals surface area contributed by atoms with Gasteiger partial charge in [0.15, 0.2) is 0 Å². The van der Waals surface area contributed by atoms with Crippen molar-refractivity contribution in [3.63, 3.8) is 0 Å². The van der Waals surface area contributed by atoms with Crippen LogP contribution >= 0.6 is 0 Å². The normalized spacial score (nSPS) is 11.3. The lowest BCUT2D eigenvalue weighted by Gasteiger charge is -2.25. The van der Waals surface area contributed by atoms with Crippen molar-refractivity contribution in [3.05, 3.63) is 54.1 Å². The zero-order chi connectivity index (χ0) is 18.4. The van der Waals surface area contributed by atoms with Crippen LogP contribution in [0.25, 0.3) is 0 Å². The number of nitrogens with zero attached hydrogens (tertiary/aromatic N) is 1. The van der Waals surface area contributed by atoms with Gasteiger partial charge in [-0.05, 0) is 36.4 Å². The van der Waals surface area contributed by atoms with Gasteiger partial charge in [0.25, 0.3) is 5.91 Å². The Balaban J connectivity index is 2.33. The van der Waals surface area contributed by atoms with Crippen molar-refractivity contribution in [2.24, 2.45) is 0 Å². The number of rotatable bonds is 5. The molecule has 0 heterocycles. The molecule has 0 bridgehead atoms. The first-order valence-corrected chi connectivity index (χ1v) is 8.16. The van der Waals surface area contributed by atoms with Crippen LogP contribution in [-0.2, 0) is 11.3 Å². The number of methoxy groups -OCH3 is 1. The topological polar surface area (TPSA) is 111 Å². The molecule has 0 aliphatic heterocycles. The molecule has 2 aromatic carbocycles. The number of hydrogen-bond acceptors (Lipinski definition) is 5. The van der Waals surface area contributed by atoms with E-state index in [0.717, 1.165) is 0 Å². The molecule has 0 saturated heterocycles. The fraction of sp³-hybridized carbons (Fsp3) is 0.125. The first-order chi connectivity index (χ1) is 12.0. The molecule has 25 heavy (non-hydrogen) atoms. The molecule has 0 fully saturated rings. The maximum atomic E-state index is 12.6. The number of hydrogen-bond donors (Lipinski definition) is 2. The number of urea groups is 1. The number of benzene rings is 2. The van der Waals surface area contributed by atoms with E-state index in [1.165, 1.54) is 44.5 Å². The molecule has 1 atom stereocenters. The maximum absolute atomic E-state index is 12.6. The monoisotopic (exact) mass is 362 g/mol. The summed E-state index contributed by atoms with van der Waals surface area (Å²) >= 11 is -2.84. The van der Waals surface area contributed by atoms with Crippen LogP contribution in [0.2, 0.25) is 0 Å². The van der Waals surface area contributed by atoms with E-state index in [0.29, 0.717) is 9.99 Å². The second-order valence-electron chi connectivity index (χ2n) is 4.77. The molecule has 3 amide bonds. The highest BCUT2D eigenvalue weighted by atomic mass is 32.2. The van der Waals surface area contributed by atoms with Crippen LogP contribution < -0.4 is 19.7 Å². The molecular formula is C16H16N3O5S-. The zero-order valence-electron chi connectivity index (χ0n) is 13.5. The maximum Gasteiger partial charge on any atom is 0.318 e. The molecule has 0 radical (unpaired) electrons. The van der Waals surface area contributed by atoms with Crippen LogP contribution in [0.15, 0.2) is 48.5 Å². The molecule has 0 aliphatic carbocycles. The quantitative estimate of drug-likeness (QED) is 0.789. The predicted octanol–water partition coefficient (Wildman–Crippen LogP) is 1.89.